The minimum atomic E-state index is 0.292. The molecule has 0 bridgehead atoms. The monoisotopic (exact) mass is 109 g/mol. The molecule has 0 atom stereocenters. The summed E-state index contributed by atoms with van der Waals surface area (Å²) < 4.78 is 0. The quantitative estimate of drug-likeness (QED) is 0.340. The average molecular weight is 109 g/mol. The number of aromatic nitrogens is 3. The van der Waals surface area contributed by atoms with Gasteiger partial charge in [-0.3, -0.25) is 0 Å². The molecule has 1 heterocycles. The molecule has 40 valence electrons. The van der Waals surface area contributed by atoms with Crippen molar-refractivity contribution in [2.45, 2.75) is 0 Å². The van der Waals surface area contributed by atoms with Crippen LogP contribution in [0.2, 0.25) is 0 Å². The molecule has 1 aromatic rings. The first-order valence-electron chi connectivity index (χ1n) is 1.98. The molecule has 8 heavy (non-hydrogen) atoms. The SMILES string of the molecule is [N-]=[N+]=c1ccnn[nH]1. The van der Waals surface area contributed by atoms with Crippen LogP contribution in [0.15, 0.2) is 12.3 Å². The predicted molar refractivity (Wildman–Crippen MR) is 23.1 cm³/mol. The van der Waals surface area contributed by atoms with Gasteiger partial charge >= 0.3 is 5.49 Å². The molecule has 0 aromatic carbocycles. The smallest absolute Gasteiger partial charge is 0.380 e. The van der Waals surface area contributed by atoms with E-state index in [1.165, 1.54) is 12.3 Å². The lowest BCUT2D eigenvalue weighted by Gasteiger charge is -1.68. The molecule has 0 amide bonds. The molecule has 1 N–H and O–H groups in total. The fourth-order valence-corrected chi connectivity index (χ4v) is 0.310. The summed E-state index contributed by atoms with van der Waals surface area (Å²) in [7, 11) is 0. The van der Waals surface area contributed by atoms with Gasteiger partial charge in [0.2, 0.25) is 0 Å². The maximum absolute atomic E-state index is 8.06. The zero-order valence-corrected chi connectivity index (χ0v) is 3.94. The second-order valence-corrected chi connectivity index (χ2v) is 1.13. The van der Waals surface area contributed by atoms with Gasteiger partial charge in [0.25, 0.3) is 0 Å². The zero-order chi connectivity index (χ0) is 5.82. The van der Waals surface area contributed by atoms with Crippen LogP contribution in [-0.2, 0) is 0 Å². The standard InChI is InChI=1S/C3H3N5/c4-6-3-1-2-5-8-7-3/h1-2H,(H,5,7). The van der Waals surface area contributed by atoms with Crippen LogP contribution < -0.4 is 5.49 Å². The lowest BCUT2D eigenvalue weighted by atomic mass is 10.7. The van der Waals surface area contributed by atoms with Gasteiger partial charge in [-0.15, -0.1) is 10.2 Å². The molecule has 0 spiro atoms. The summed E-state index contributed by atoms with van der Waals surface area (Å²) in [5.74, 6) is 0. The third-order valence-electron chi connectivity index (χ3n) is 0.629. The van der Waals surface area contributed by atoms with E-state index in [2.05, 4.69) is 20.2 Å². The maximum Gasteiger partial charge on any atom is 0.380 e. The minimum Gasteiger partial charge on any atom is -0.497 e. The fourth-order valence-electron chi connectivity index (χ4n) is 0.310. The molecule has 1 rings (SSSR count). The van der Waals surface area contributed by atoms with Gasteiger partial charge < -0.3 is 10.3 Å². The number of nitrogens with zero attached hydrogens (tertiary/aromatic N) is 4. The van der Waals surface area contributed by atoms with E-state index in [0.717, 1.165) is 0 Å². The van der Waals surface area contributed by atoms with Crippen LogP contribution in [0.4, 0.5) is 0 Å². The summed E-state index contributed by atoms with van der Waals surface area (Å²) in [6, 6.07) is 1.49. The van der Waals surface area contributed by atoms with Crippen LogP contribution >= 0.6 is 0 Å². The van der Waals surface area contributed by atoms with Gasteiger partial charge in [-0.05, 0) is 0 Å². The Morgan fingerprint density at radius 1 is 1.75 bits per heavy atom. The van der Waals surface area contributed by atoms with E-state index >= 15 is 0 Å². The number of nitrogens with one attached hydrogen (secondary N) is 1. The van der Waals surface area contributed by atoms with E-state index in [4.69, 9.17) is 5.53 Å². The molecule has 0 saturated carbocycles. The molecule has 0 aliphatic rings. The van der Waals surface area contributed by atoms with Gasteiger partial charge in [0.15, 0.2) is 0 Å². The van der Waals surface area contributed by atoms with Crippen LogP contribution in [0.5, 0.6) is 0 Å². The van der Waals surface area contributed by atoms with Crippen molar-refractivity contribution in [1.82, 2.24) is 15.4 Å². The number of rotatable bonds is 0. The van der Waals surface area contributed by atoms with Crippen LogP contribution in [0.25, 0.3) is 5.53 Å². The summed E-state index contributed by atoms with van der Waals surface area (Å²) in [4.78, 5) is 2.81. The van der Waals surface area contributed by atoms with Crippen molar-refractivity contribution in [3.8, 4) is 0 Å². The Balaban J connectivity index is 3.41. The Morgan fingerprint density at radius 2 is 2.62 bits per heavy atom. The highest BCUT2D eigenvalue weighted by Gasteiger charge is 1.79. The van der Waals surface area contributed by atoms with Crippen LogP contribution in [0.3, 0.4) is 0 Å². The summed E-state index contributed by atoms with van der Waals surface area (Å²) in [6.45, 7) is 0. The van der Waals surface area contributed by atoms with Gasteiger partial charge in [0.1, 0.15) is 0 Å². The third-order valence-corrected chi connectivity index (χ3v) is 0.629. The van der Waals surface area contributed by atoms with Gasteiger partial charge in [-0.2, -0.15) is 0 Å². The first-order valence-corrected chi connectivity index (χ1v) is 1.98. The first kappa shape index (κ1) is 4.67. The Kier molecular flexibility index (Phi) is 1.16. The summed E-state index contributed by atoms with van der Waals surface area (Å²) in [6.07, 6.45) is 1.42. The van der Waals surface area contributed by atoms with E-state index < -0.39 is 0 Å². The average Bonchev–Trinajstić information content (AvgIpc) is 1.90. The summed E-state index contributed by atoms with van der Waals surface area (Å²) >= 11 is 0. The Labute approximate surface area is 44.6 Å². The molecular weight excluding hydrogens is 106 g/mol. The van der Waals surface area contributed by atoms with Crippen molar-refractivity contribution in [2.24, 2.45) is 0 Å². The molecule has 0 radical (unpaired) electrons. The molecule has 0 aliphatic carbocycles. The summed E-state index contributed by atoms with van der Waals surface area (Å²) in [5.41, 5.74) is 8.36. The molecular formula is C3H3N5. The first-order chi connectivity index (χ1) is 3.93. The predicted octanol–water partition coefficient (Wildman–Crippen LogP) is -1.06. The topological polar surface area (TPSA) is 78.0 Å². The maximum atomic E-state index is 8.06. The molecule has 5 nitrogen and oxygen atoms in total. The highest BCUT2D eigenvalue weighted by Crippen LogP contribution is 1.51. The Morgan fingerprint density at radius 3 is 3.00 bits per heavy atom. The van der Waals surface area contributed by atoms with Crippen LogP contribution in [0.1, 0.15) is 0 Å². The molecule has 5 heteroatoms. The van der Waals surface area contributed by atoms with E-state index in [9.17, 15) is 0 Å². The van der Waals surface area contributed by atoms with Gasteiger partial charge in [-0.25, -0.2) is 0 Å². The van der Waals surface area contributed by atoms with E-state index in [-0.39, 0.29) is 0 Å². The summed E-state index contributed by atoms with van der Waals surface area (Å²) in [5, 5.41) is 9.08. The largest absolute Gasteiger partial charge is 0.497 e. The number of hydrogen-bond donors (Lipinski definition) is 1. The van der Waals surface area contributed by atoms with Crippen molar-refractivity contribution in [3.05, 3.63) is 23.3 Å². The highest BCUT2D eigenvalue weighted by molar-refractivity contribution is 4.67. The molecule has 0 aliphatic heterocycles. The van der Waals surface area contributed by atoms with E-state index in [1.807, 2.05) is 0 Å². The van der Waals surface area contributed by atoms with Gasteiger partial charge in [0, 0.05) is 5.21 Å². The minimum absolute atomic E-state index is 0.292. The number of H-pyrrole nitrogens is 1. The number of hydrogen-bond acceptors (Lipinski definition) is 2. The second-order valence-electron chi connectivity index (χ2n) is 1.13. The van der Waals surface area contributed by atoms with Crippen molar-refractivity contribution in [3.63, 3.8) is 0 Å². The van der Waals surface area contributed by atoms with Crippen molar-refractivity contribution < 1.29 is 4.79 Å². The molecule has 1 aromatic heterocycles. The van der Waals surface area contributed by atoms with Crippen LogP contribution in [0, 0.1) is 0 Å². The third kappa shape index (κ3) is 0.772. The molecule has 0 unspecified atom stereocenters. The van der Waals surface area contributed by atoms with E-state index in [1.54, 1.807) is 0 Å². The van der Waals surface area contributed by atoms with Gasteiger partial charge in [-0.1, -0.05) is 0 Å². The van der Waals surface area contributed by atoms with E-state index in [0.29, 0.717) is 5.49 Å². The van der Waals surface area contributed by atoms with Crippen molar-refractivity contribution >= 4 is 0 Å². The zero-order valence-electron chi connectivity index (χ0n) is 3.94. The van der Waals surface area contributed by atoms with Gasteiger partial charge in [0.05, 0.1) is 12.3 Å². The molecule has 0 fully saturated rings. The number of aromatic amines is 1. The Bertz CT molecular complexity index is 226. The lowest BCUT2D eigenvalue weighted by Crippen LogP contribution is -2.09. The van der Waals surface area contributed by atoms with Crippen LogP contribution in [-0.4, -0.2) is 20.2 Å². The molecule has 0 saturated heterocycles. The normalized spacial score (nSPS) is 8.00. The van der Waals surface area contributed by atoms with Crippen molar-refractivity contribution in [2.75, 3.05) is 0 Å². The van der Waals surface area contributed by atoms with Crippen molar-refractivity contribution in [1.29, 1.82) is 0 Å². The lowest BCUT2D eigenvalue weighted by molar-refractivity contribution is -0.0736. The fraction of sp³-hybridized carbons (Fsp3) is 0. The Hall–Kier alpha value is -1.48. The second kappa shape index (κ2) is 1.99. The highest BCUT2D eigenvalue weighted by atomic mass is 15.3.